The van der Waals surface area contributed by atoms with Gasteiger partial charge in [0.15, 0.2) is 11.4 Å². The molecule has 2 unspecified atom stereocenters. The van der Waals surface area contributed by atoms with Crippen molar-refractivity contribution in [1.29, 1.82) is 0 Å². The minimum absolute atomic E-state index is 0.0141. The smallest absolute Gasteiger partial charge is 0.274 e. The minimum atomic E-state index is -1.10. The quantitative estimate of drug-likeness (QED) is 0.828. The Hall–Kier alpha value is -2.78. The summed E-state index contributed by atoms with van der Waals surface area (Å²) in [6.45, 7) is 5.84. The SMILES string of the molecule is Cc1cc(C(=O)N2CC(F)CC2Cn2cc(C(=O)NC(C)C)nn2)nn1C. The first-order chi connectivity index (χ1) is 12.7. The van der Waals surface area contributed by atoms with Crippen LogP contribution in [0, 0.1) is 6.92 Å². The number of amides is 2. The molecule has 1 aliphatic heterocycles. The zero-order chi connectivity index (χ0) is 19.7. The Labute approximate surface area is 156 Å². The zero-order valence-corrected chi connectivity index (χ0v) is 15.9. The van der Waals surface area contributed by atoms with Crippen molar-refractivity contribution in [2.45, 2.75) is 52.0 Å². The fourth-order valence-corrected chi connectivity index (χ4v) is 3.14. The number of halogens is 1. The van der Waals surface area contributed by atoms with Crippen molar-refractivity contribution in [1.82, 2.24) is 35.0 Å². The van der Waals surface area contributed by atoms with Crippen molar-refractivity contribution in [3.05, 3.63) is 29.3 Å². The second-order valence-electron chi connectivity index (χ2n) is 7.19. The van der Waals surface area contributed by atoms with Gasteiger partial charge in [-0.1, -0.05) is 5.21 Å². The Morgan fingerprint density at radius 2 is 2.11 bits per heavy atom. The van der Waals surface area contributed by atoms with Crippen LogP contribution in [-0.4, -0.2) is 66.3 Å². The van der Waals surface area contributed by atoms with E-state index in [9.17, 15) is 14.0 Å². The van der Waals surface area contributed by atoms with Crippen LogP contribution in [0.5, 0.6) is 0 Å². The third-order valence-electron chi connectivity index (χ3n) is 4.55. The highest BCUT2D eigenvalue weighted by Gasteiger charge is 2.37. The van der Waals surface area contributed by atoms with Crippen LogP contribution in [0.4, 0.5) is 4.39 Å². The Kier molecular flexibility index (Phi) is 5.24. The highest BCUT2D eigenvalue weighted by Crippen LogP contribution is 2.24. The zero-order valence-electron chi connectivity index (χ0n) is 15.9. The molecule has 0 aromatic carbocycles. The van der Waals surface area contributed by atoms with Gasteiger partial charge in [-0.25, -0.2) is 9.07 Å². The summed E-state index contributed by atoms with van der Waals surface area (Å²) in [5, 5.41) is 14.7. The summed E-state index contributed by atoms with van der Waals surface area (Å²) in [5.41, 5.74) is 1.34. The van der Waals surface area contributed by atoms with E-state index in [1.165, 1.54) is 15.8 Å². The first-order valence-corrected chi connectivity index (χ1v) is 8.91. The van der Waals surface area contributed by atoms with Crippen molar-refractivity contribution in [3.63, 3.8) is 0 Å². The van der Waals surface area contributed by atoms with Gasteiger partial charge in [-0.2, -0.15) is 5.10 Å². The predicted octanol–water partition coefficient (Wildman–Crippen LogP) is 0.711. The summed E-state index contributed by atoms with van der Waals surface area (Å²) in [7, 11) is 1.75. The van der Waals surface area contributed by atoms with E-state index in [-0.39, 0.29) is 49.1 Å². The number of carbonyl (C=O) groups is 2. The molecule has 1 aliphatic rings. The van der Waals surface area contributed by atoms with E-state index in [0.717, 1.165) is 5.69 Å². The van der Waals surface area contributed by atoms with E-state index in [1.54, 1.807) is 17.8 Å². The van der Waals surface area contributed by atoms with Crippen LogP contribution in [0.25, 0.3) is 0 Å². The number of likely N-dealkylation sites (tertiary alicyclic amines) is 1. The molecule has 2 atom stereocenters. The van der Waals surface area contributed by atoms with Crippen molar-refractivity contribution in [3.8, 4) is 0 Å². The molecule has 146 valence electrons. The summed E-state index contributed by atoms with van der Waals surface area (Å²) in [6, 6.07) is 1.30. The molecule has 0 bridgehead atoms. The van der Waals surface area contributed by atoms with Crippen molar-refractivity contribution in [2.75, 3.05) is 6.54 Å². The van der Waals surface area contributed by atoms with Crippen LogP contribution in [-0.2, 0) is 13.6 Å². The van der Waals surface area contributed by atoms with Gasteiger partial charge in [0.2, 0.25) is 0 Å². The molecule has 27 heavy (non-hydrogen) atoms. The number of nitrogens with one attached hydrogen (secondary N) is 1. The molecule has 9 nitrogen and oxygen atoms in total. The molecule has 2 amide bonds. The number of rotatable bonds is 5. The molecule has 2 aromatic heterocycles. The van der Waals surface area contributed by atoms with Crippen molar-refractivity contribution in [2.24, 2.45) is 7.05 Å². The second-order valence-corrected chi connectivity index (χ2v) is 7.19. The fraction of sp³-hybridized carbons (Fsp3) is 0.588. The van der Waals surface area contributed by atoms with Gasteiger partial charge in [-0.05, 0) is 26.8 Å². The topological polar surface area (TPSA) is 97.9 Å². The Morgan fingerprint density at radius 1 is 1.37 bits per heavy atom. The van der Waals surface area contributed by atoms with Gasteiger partial charge in [0.1, 0.15) is 6.17 Å². The van der Waals surface area contributed by atoms with Crippen LogP contribution in [0.2, 0.25) is 0 Å². The molecule has 3 rings (SSSR count). The molecule has 1 fully saturated rings. The van der Waals surface area contributed by atoms with E-state index in [4.69, 9.17) is 0 Å². The van der Waals surface area contributed by atoms with E-state index < -0.39 is 6.17 Å². The number of hydrogen-bond donors (Lipinski definition) is 1. The molecule has 0 radical (unpaired) electrons. The Balaban J connectivity index is 1.72. The molecule has 2 aromatic rings. The maximum atomic E-state index is 14.0. The average Bonchev–Trinajstić information content (AvgIpc) is 3.27. The molecule has 3 heterocycles. The number of hydrogen-bond acceptors (Lipinski definition) is 5. The molecule has 1 N–H and O–H groups in total. The van der Waals surface area contributed by atoms with Crippen LogP contribution >= 0.6 is 0 Å². The van der Waals surface area contributed by atoms with Gasteiger partial charge >= 0.3 is 0 Å². The number of nitrogens with zero attached hydrogens (tertiary/aromatic N) is 6. The van der Waals surface area contributed by atoms with Gasteiger partial charge in [0, 0.05) is 25.2 Å². The molecule has 1 saturated heterocycles. The van der Waals surface area contributed by atoms with Gasteiger partial charge in [-0.3, -0.25) is 14.3 Å². The largest absolute Gasteiger partial charge is 0.348 e. The lowest BCUT2D eigenvalue weighted by Crippen LogP contribution is -2.38. The molecule has 0 saturated carbocycles. The third kappa shape index (κ3) is 4.15. The summed E-state index contributed by atoms with van der Waals surface area (Å²) >= 11 is 0. The van der Waals surface area contributed by atoms with E-state index in [0.29, 0.717) is 5.69 Å². The molecule has 0 aliphatic carbocycles. The summed E-state index contributed by atoms with van der Waals surface area (Å²) < 4.78 is 17.1. The van der Waals surface area contributed by atoms with Gasteiger partial charge < -0.3 is 10.2 Å². The van der Waals surface area contributed by atoms with E-state index in [2.05, 4.69) is 20.7 Å². The maximum absolute atomic E-state index is 14.0. The normalized spacial score (nSPS) is 19.7. The lowest BCUT2D eigenvalue weighted by atomic mass is 10.2. The Morgan fingerprint density at radius 3 is 2.74 bits per heavy atom. The summed E-state index contributed by atoms with van der Waals surface area (Å²) in [6.07, 6.45) is 0.623. The van der Waals surface area contributed by atoms with Crippen LogP contribution in [0.3, 0.4) is 0 Å². The third-order valence-corrected chi connectivity index (χ3v) is 4.55. The highest BCUT2D eigenvalue weighted by atomic mass is 19.1. The van der Waals surface area contributed by atoms with Crippen molar-refractivity contribution < 1.29 is 14.0 Å². The number of aromatic nitrogens is 5. The first kappa shape index (κ1) is 19.0. The lowest BCUT2D eigenvalue weighted by molar-refractivity contribution is 0.0707. The molecular formula is C17H24FN7O2. The maximum Gasteiger partial charge on any atom is 0.274 e. The number of alkyl halides is 1. The van der Waals surface area contributed by atoms with Crippen molar-refractivity contribution >= 4 is 11.8 Å². The summed E-state index contributed by atoms with van der Waals surface area (Å²) in [4.78, 5) is 26.2. The number of aryl methyl sites for hydroxylation is 2. The first-order valence-electron chi connectivity index (χ1n) is 8.91. The van der Waals surface area contributed by atoms with Gasteiger partial charge in [0.05, 0.1) is 25.3 Å². The predicted molar refractivity (Wildman–Crippen MR) is 94.9 cm³/mol. The highest BCUT2D eigenvalue weighted by molar-refractivity contribution is 5.93. The lowest BCUT2D eigenvalue weighted by Gasteiger charge is -2.23. The average molecular weight is 377 g/mol. The minimum Gasteiger partial charge on any atom is -0.348 e. The van der Waals surface area contributed by atoms with Gasteiger partial charge in [-0.15, -0.1) is 5.10 Å². The van der Waals surface area contributed by atoms with Crippen LogP contribution < -0.4 is 5.32 Å². The molecule has 10 heteroatoms. The van der Waals surface area contributed by atoms with E-state index >= 15 is 0 Å². The molecular weight excluding hydrogens is 353 g/mol. The van der Waals surface area contributed by atoms with Crippen LogP contribution in [0.15, 0.2) is 12.3 Å². The summed E-state index contributed by atoms with van der Waals surface area (Å²) in [5.74, 6) is -0.621. The fourth-order valence-electron chi connectivity index (χ4n) is 3.14. The van der Waals surface area contributed by atoms with Gasteiger partial charge in [0.25, 0.3) is 11.8 Å². The van der Waals surface area contributed by atoms with E-state index in [1.807, 2.05) is 20.8 Å². The Bertz CT molecular complexity index is 825. The standard InChI is InChI=1S/C17H24FN7O2/c1-10(2)19-16(26)15-9-24(22-20-15)8-13-6-12(18)7-25(13)17(27)14-5-11(3)23(4)21-14/h5,9-10,12-13H,6-8H2,1-4H3,(H,19,26). The molecule has 0 spiro atoms. The second kappa shape index (κ2) is 7.45. The van der Waals surface area contributed by atoms with Crippen LogP contribution in [0.1, 0.15) is 46.9 Å². The number of carbonyl (C=O) groups excluding carboxylic acids is 2. The monoisotopic (exact) mass is 377 g/mol.